The quantitative estimate of drug-likeness (QED) is 0.633. The summed E-state index contributed by atoms with van der Waals surface area (Å²) in [6, 6.07) is 4.14. The lowest BCUT2D eigenvalue weighted by Gasteiger charge is -2.19. The molecule has 0 bridgehead atoms. The summed E-state index contributed by atoms with van der Waals surface area (Å²) in [5.74, 6) is -0.927. The molecule has 1 aliphatic carbocycles. The first-order chi connectivity index (χ1) is 9.51. The van der Waals surface area contributed by atoms with Gasteiger partial charge in [0.15, 0.2) is 0 Å². The molecule has 1 saturated carbocycles. The van der Waals surface area contributed by atoms with Crippen molar-refractivity contribution in [2.45, 2.75) is 25.3 Å². The Hall–Kier alpha value is -2.31. The minimum Gasteiger partial charge on any atom is -0.496 e. The van der Waals surface area contributed by atoms with Gasteiger partial charge in [-0.3, -0.25) is 14.9 Å². The number of rotatable bonds is 5. The molecule has 0 amide bonds. The van der Waals surface area contributed by atoms with Crippen LogP contribution in [0.1, 0.15) is 19.3 Å². The third kappa shape index (κ3) is 2.98. The van der Waals surface area contributed by atoms with Crippen molar-refractivity contribution in [1.29, 1.82) is 0 Å². The Labute approximate surface area is 115 Å². The van der Waals surface area contributed by atoms with Gasteiger partial charge in [0, 0.05) is 23.9 Å². The number of ether oxygens (including phenoxy) is 1. The molecule has 2 unspecified atom stereocenters. The number of benzene rings is 1. The number of hydrogen-bond donors (Lipinski definition) is 2. The number of nitrogens with one attached hydrogen (secondary N) is 1. The van der Waals surface area contributed by atoms with E-state index in [1.807, 2.05) is 0 Å². The number of methoxy groups -OCH3 is 1. The fraction of sp³-hybridized carbons (Fsp3) is 0.462. The van der Waals surface area contributed by atoms with Crippen LogP contribution in [-0.2, 0) is 4.79 Å². The molecule has 2 rings (SSSR count). The molecule has 2 atom stereocenters. The number of nitrogens with zero attached hydrogens (tertiary/aromatic N) is 1. The van der Waals surface area contributed by atoms with Gasteiger partial charge in [0.25, 0.3) is 5.69 Å². The zero-order chi connectivity index (χ0) is 14.7. The summed E-state index contributed by atoms with van der Waals surface area (Å²) in [4.78, 5) is 21.5. The monoisotopic (exact) mass is 280 g/mol. The molecule has 1 aliphatic rings. The van der Waals surface area contributed by atoms with E-state index < -0.39 is 16.8 Å². The summed E-state index contributed by atoms with van der Waals surface area (Å²) in [7, 11) is 1.43. The first kappa shape index (κ1) is 14.1. The van der Waals surface area contributed by atoms with E-state index >= 15 is 0 Å². The lowest BCUT2D eigenvalue weighted by Crippen LogP contribution is -2.29. The summed E-state index contributed by atoms with van der Waals surface area (Å²) in [5.41, 5.74) is 0.422. The minimum atomic E-state index is -0.836. The molecule has 0 saturated heterocycles. The van der Waals surface area contributed by atoms with Crippen molar-refractivity contribution in [3.8, 4) is 5.75 Å². The van der Waals surface area contributed by atoms with Crippen LogP contribution in [0.2, 0.25) is 0 Å². The zero-order valence-corrected chi connectivity index (χ0v) is 11.0. The highest BCUT2D eigenvalue weighted by Gasteiger charge is 2.33. The van der Waals surface area contributed by atoms with Gasteiger partial charge < -0.3 is 15.2 Å². The number of nitro groups is 1. The molecule has 7 heteroatoms. The summed E-state index contributed by atoms with van der Waals surface area (Å²) >= 11 is 0. The van der Waals surface area contributed by atoms with Gasteiger partial charge in [-0.05, 0) is 12.8 Å². The summed E-state index contributed by atoms with van der Waals surface area (Å²) in [6.45, 7) is 0. The Balaban J connectivity index is 2.22. The minimum absolute atomic E-state index is 0.0864. The average Bonchev–Trinajstić information content (AvgIpc) is 2.86. The third-order valence-corrected chi connectivity index (χ3v) is 3.52. The van der Waals surface area contributed by atoms with Crippen molar-refractivity contribution in [3.05, 3.63) is 28.3 Å². The van der Waals surface area contributed by atoms with E-state index in [2.05, 4.69) is 5.32 Å². The summed E-state index contributed by atoms with van der Waals surface area (Å²) in [6.07, 6.45) is 2.20. The number of non-ortho nitro benzene ring substituents is 1. The van der Waals surface area contributed by atoms with Gasteiger partial charge in [-0.1, -0.05) is 6.42 Å². The van der Waals surface area contributed by atoms with Gasteiger partial charge in [-0.15, -0.1) is 0 Å². The maximum absolute atomic E-state index is 11.1. The smallest absolute Gasteiger partial charge is 0.308 e. The van der Waals surface area contributed by atoms with Gasteiger partial charge in [0.1, 0.15) is 5.75 Å². The van der Waals surface area contributed by atoms with Crippen molar-refractivity contribution in [3.63, 3.8) is 0 Å². The first-order valence-corrected chi connectivity index (χ1v) is 6.34. The molecule has 1 aromatic carbocycles. The molecule has 0 heterocycles. The molecule has 108 valence electrons. The largest absolute Gasteiger partial charge is 0.496 e. The predicted octanol–water partition coefficient (Wildman–Crippen LogP) is 2.27. The molecule has 7 nitrogen and oxygen atoms in total. The van der Waals surface area contributed by atoms with Crippen LogP contribution in [0.3, 0.4) is 0 Å². The molecule has 20 heavy (non-hydrogen) atoms. The highest BCUT2D eigenvalue weighted by molar-refractivity contribution is 5.72. The number of hydrogen-bond acceptors (Lipinski definition) is 5. The lowest BCUT2D eigenvalue weighted by molar-refractivity contribution is -0.384. The van der Waals surface area contributed by atoms with Crippen LogP contribution in [0.5, 0.6) is 5.75 Å². The Morgan fingerprint density at radius 2 is 2.20 bits per heavy atom. The van der Waals surface area contributed by atoms with Crippen molar-refractivity contribution in [1.82, 2.24) is 0 Å². The molecule has 1 aromatic rings. The Morgan fingerprint density at radius 1 is 1.45 bits per heavy atom. The van der Waals surface area contributed by atoms with Crippen LogP contribution < -0.4 is 10.1 Å². The van der Waals surface area contributed by atoms with Gasteiger partial charge in [-0.2, -0.15) is 0 Å². The molecule has 0 aliphatic heterocycles. The predicted molar refractivity (Wildman–Crippen MR) is 72.0 cm³/mol. The standard InChI is InChI=1S/C13H16N2O5/c1-20-10-6-8(5-9(7-10)15(18)19)14-12-4-2-3-11(12)13(16)17/h5-7,11-12,14H,2-4H2,1H3,(H,16,17). The van der Waals surface area contributed by atoms with Gasteiger partial charge >= 0.3 is 5.97 Å². The maximum atomic E-state index is 11.1. The molecular weight excluding hydrogens is 264 g/mol. The van der Waals surface area contributed by atoms with Crippen LogP contribution in [0.4, 0.5) is 11.4 Å². The Bertz CT molecular complexity index is 531. The molecular formula is C13H16N2O5. The van der Waals surface area contributed by atoms with Gasteiger partial charge in [0.2, 0.25) is 0 Å². The number of carboxylic acids is 1. The molecule has 1 fully saturated rings. The van der Waals surface area contributed by atoms with E-state index in [0.29, 0.717) is 17.9 Å². The van der Waals surface area contributed by atoms with Gasteiger partial charge in [-0.25, -0.2) is 0 Å². The third-order valence-electron chi connectivity index (χ3n) is 3.52. The van der Waals surface area contributed by atoms with E-state index in [1.54, 1.807) is 6.07 Å². The van der Waals surface area contributed by atoms with Crippen LogP contribution in [0.15, 0.2) is 18.2 Å². The van der Waals surface area contributed by atoms with E-state index in [1.165, 1.54) is 19.2 Å². The van der Waals surface area contributed by atoms with E-state index in [-0.39, 0.29) is 11.7 Å². The topological polar surface area (TPSA) is 102 Å². The van der Waals surface area contributed by atoms with Crippen LogP contribution >= 0.6 is 0 Å². The van der Waals surface area contributed by atoms with E-state index in [4.69, 9.17) is 9.84 Å². The fourth-order valence-corrected chi connectivity index (χ4v) is 2.53. The number of anilines is 1. The molecule has 0 aromatic heterocycles. The maximum Gasteiger partial charge on any atom is 0.308 e. The van der Waals surface area contributed by atoms with Crippen molar-refractivity contribution in [2.75, 3.05) is 12.4 Å². The normalized spacial score (nSPS) is 21.4. The second kappa shape index (κ2) is 5.77. The van der Waals surface area contributed by atoms with Crippen LogP contribution in [-0.4, -0.2) is 29.2 Å². The van der Waals surface area contributed by atoms with Crippen LogP contribution in [0, 0.1) is 16.0 Å². The second-order valence-electron chi connectivity index (χ2n) is 4.80. The van der Waals surface area contributed by atoms with Crippen molar-refractivity contribution < 1.29 is 19.6 Å². The first-order valence-electron chi connectivity index (χ1n) is 6.34. The highest BCUT2D eigenvalue weighted by atomic mass is 16.6. The lowest BCUT2D eigenvalue weighted by atomic mass is 10.0. The van der Waals surface area contributed by atoms with E-state index in [0.717, 1.165) is 12.8 Å². The average molecular weight is 280 g/mol. The van der Waals surface area contributed by atoms with Crippen molar-refractivity contribution >= 4 is 17.3 Å². The van der Waals surface area contributed by atoms with Crippen LogP contribution in [0.25, 0.3) is 0 Å². The van der Waals surface area contributed by atoms with E-state index in [9.17, 15) is 14.9 Å². The molecule has 0 radical (unpaired) electrons. The zero-order valence-electron chi connectivity index (χ0n) is 11.0. The number of carboxylic acid groups (broad SMARTS) is 1. The number of carbonyl (C=O) groups is 1. The molecule has 0 spiro atoms. The Morgan fingerprint density at radius 3 is 2.80 bits per heavy atom. The number of aliphatic carboxylic acids is 1. The highest BCUT2D eigenvalue weighted by Crippen LogP contribution is 2.31. The Kier molecular flexibility index (Phi) is 4.07. The summed E-state index contributed by atoms with van der Waals surface area (Å²) in [5, 5.41) is 23.1. The molecule has 2 N–H and O–H groups in total. The fourth-order valence-electron chi connectivity index (χ4n) is 2.53. The van der Waals surface area contributed by atoms with Gasteiger partial charge in [0.05, 0.1) is 24.0 Å². The SMILES string of the molecule is COc1cc(NC2CCCC2C(=O)O)cc([N+](=O)[O-])c1. The second-order valence-corrected chi connectivity index (χ2v) is 4.80. The van der Waals surface area contributed by atoms with Crippen molar-refractivity contribution in [2.24, 2.45) is 5.92 Å². The number of nitro benzene ring substituents is 1. The summed E-state index contributed by atoms with van der Waals surface area (Å²) < 4.78 is 5.02.